The van der Waals surface area contributed by atoms with Gasteiger partial charge >= 0.3 is 0 Å². The summed E-state index contributed by atoms with van der Waals surface area (Å²) in [6, 6.07) is 4.16. The number of rotatable bonds is 6. The molecule has 0 aliphatic carbocycles. The fraction of sp³-hybridized carbons (Fsp3) is 0.417. The summed E-state index contributed by atoms with van der Waals surface area (Å²) in [7, 11) is 0. The van der Waals surface area contributed by atoms with Crippen LogP contribution >= 0.6 is 15.9 Å². The number of nitrogens with one attached hydrogen (secondary N) is 1. The van der Waals surface area contributed by atoms with E-state index < -0.39 is 11.0 Å². The van der Waals surface area contributed by atoms with Crippen molar-refractivity contribution >= 4 is 27.5 Å². The summed E-state index contributed by atoms with van der Waals surface area (Å²) in [6.45, 7) is 4.11. The van der Waals surface area contributed by atoms with Gasteiger partial charge < -0.3 is 10.1 Å². The molecule has 0 fully saturated rings. The number of hydrogen-bond acceptors (Lipinski definition) is 4. The van der Waals surface area contributed by atoms with E-state index in [1.165, 1.54) is 18.2 Å². The molecule has 6 nitrogen and oxygen atoms in total. The summed E-state index contributed by atoms with van der Waals surface area (Å²) < 4.78 is 5.99. The lowest BCUT2D eigenvalue weighted by Gasteiger charge is -2.15. The number of nitrogens with zero attached hydrogens (tertiary/aromatic N) is 1. The lowest BCUT2D eigenvalue weighted by molar-refractivity contribution is -0.385. The number of amides is 1. The van der Waals surface area contributed by atoms with Gasteiger partial charge in [0.25, 0.3) is 11.6 Å². The molecular weight excluding hydrogens is 316 g/mol. The maximum absolute atomic E-state index is 11.7. The average Bonchev–Trinajstić information content (AvgIpc) is 2.38. The standard InChI is InChI=1S/C12H15BrN2O4/c1-3-6-14-12(16)8(2)19-11-7-9(15(17)18)4-5-10(11)13/h4-5,7-8H,3,6H2,1-2H3,(H,14,16). The van der Waals surface area contributed by atoms with Crippen LogP contribution in [0.25, 0.3) is 0 Å². The summed E-state index contributed by atoms with van der Waals surface area (Å²) in [5.41, 5.74) is -0.0839. The summed E-state index contributed by atoms with van der Waals surface area (Å²) >= 11 is 3.23. The lowest BCUT2D eigenvalue weighted by atomic mass is 10.3. The number of benzene rings is 1. The number of ether oxygens (including phenoxy) is 1. The molecule has 0 aromatic heterocycles. The molecule has 0 heterocycles. The van der Waals surface area contributed by atoms with Gasteiger partial charge in [-0.05, 0) is 35.3 Å². The fourth-order valence-corrected chi connectivity index (χ4v) is 1.67. The smallest absolute Gasteiger partial charge is 0.273 e. The van der Waals surface area contributed by atoms with Crippen LogP contribution in [0.15, 0.2) is 22.7 Å². The molecule has 1 amide bonds. The first-order chi connectivity index (χ1) is 8.95. The van der Waals surface area contributed by atoms with E-state index in [4.69, 9.17) is 4.74 Å². The average molecular weight is 331 g/mol. The van der Waals surface area contributed by atoms with Crippen molar-refractivity contribution < 1.29 is 14.5 Å². The third kappa shape index (κ3) is 4.51. The predicted molar refractivity (Wildman–Crippen MR) is 74.2 cm³/mol. The van der Waals surface area contributed by atoms with Crippen LogP contribution in [0.1, 0.15) is 20.3 Å². The summed E-state index contributed by atoms with van der Waals surface area (Å²) in [5.74, 6) is 0.0219. The Morgan fingerprint density at radius 1 is 1.58 bits per heavy atom. The van der Waals surface area contributed by atoms with Gasteiger partial charge in [-0.3, -0.25) is 14.9 Å². The molecule has 0 aliphatic rings. The highest BCUT2D eigenvalue weighted by molar-refractivity contribution is 9.10. The third-order valence-corrected chi connectivity index (χ3v) is 3.00. The highest BCUT2D eigenvalue weighted by Gasteiger charge is 2.17. The zero-order valence-corrected chi connectivity index (χ0v) is 12.3. The van der Waals surface area contributed by atoms with Crippen LogP contribution < -0.4 is 10.1 Å². The minimum Gasteiger partial charge on any atom is -0.479 e. The number of nitro groups is 1. The van der Waals surface area contributed by atoms with Crippen LogP contribution in [0.4, 0.5) is 5.69 Å². The molecule has 0 aliphatic heterocycles. The second-order valence-electron chi connectivity index (χ2n) is 3.92. The van der Waals surface area contributed by atoms with E-state index in [-0.39, 0.29) is 17.3 Å². The van der Waals surface area contributed by atoms with Crippen LogP contribution in [0.2, 0.25) is 0 Å². The van der Waals surface area contributed by atoms with Crippen LogP contribution in [0.5, 0.6) is 5.75 Å². The Labute approximate surface area is 119 Å². The first kappa shape index (κ1) is 15.4. The molecule has 0 saturated heterocycles. The summed E-state index contributed by atoms with van der Waals surface area (Å²) in [4.78, 5) is 21.8. The first-order valence-corrected chi connectivity index (χ1v) is 6.63. The van der Waals surface area contributed by atoms with Gasteiger partial charge in [0.15, 0.2) is 6.10 Å². The molecule has 0 saturated carbocycles. The van der Waals surface area contributed by atoms with Crippen LogP contribution in [-0.4, -0.2) is 23.5 Å². The van der Waals surface area contributed by atoms with Crippen molar-refractivity contribution in [2.75, 3.05) is 6.54 Å². The van der Waals surface area contributed by atoms with Crippen molar-refractivity contribution in [2.24, 2.45) is 0 Å². The molecule has 0 bridgehead atoms. The molecule has 19 heavy (non-hydrogen) atoms. The Balaban J connectivity index is 2.78. The van der Waals surface area contributed by atoms with Gasteiger partial charge in [0.1, 0.15) is 5.75 Å². The van der Waals surface area contributed by atoms with Crippen molar-refractivity contribution in [3.05, 3.63) is 32.8 Å². The van der Waals surface area contributed by atoms with E-state index in [2.05, 4.69) is 21.2 Å². The van der Waals surface area contributed by atoms with Crippen molar-refractivity contribution in [3.63, 3.8) is 0 Å². The molecule has 1 aromatic rings. The molecule has 1 rings (SSSR count). The number of hydrogen-bond donors (Lipinski definition) is 1. The van der Waals surface area contributed by atoms with E-state index in [0.717, 1.165) is 6.42 Å². The van der Waals surface area contributed by atoms with E-state index in [1.54, 1.807) is 6.92 Å². The van der Waals surface area contributed by atoms with Crippen LogP contribution in [0.3, 0.4) is 0 Å². The topological polar surface area (TPSA) is 81.5 Å². The van der Waals surface area contributed by atoms with Gasteiger partial charge in [0, 0.05) is 12.6 Å². The van der Waals surface area contributed by atoms with Crippen molar-refractivity contribution in [1.82, 2.24) is 5.32 Å². The minimum atomic E-state index is -0.718. The molecule has 104 valence electrons. The second kappa shape index (κ2) is 7.08. The van der Waals surface area contributed by atoms with E-state index in [0.29, 0.717) is 11.0 Å². The zero-order valence-electron chi connectivity index (χ0n) is 10.7. The van der Waals surface area contributed by atoms with E-state index in [9.17, 15) is 14.9 Å². The van der Waals surface area contributed by atoms with Gasteiger partial charge in [-0.1, -0.05) is 6.92 Å². The number of non-ortho nitro benzene ring substituents is 1. The van der Waals surface area contributed by atoms with Gasteiger partial charge in [-0.2, -0.15) is 0 Å². The Hall–Kier alpha value is -1.63. The Morgan fingerprint density at radius 3 is 2.84 bits per heavy atom. The Morgan fingerprint density at radius 2 is 2.26 bits per heavy atom. The molecule has 1 N–H and O–H groups in total. The predicted octanol–water partition coefficient (Wildman–Crippen LogP) is 2.65. The van der Waals surface area contributed by atoms with Crippen LogP contribution in [0, 0.1) is 10.1 Å². The van der Waals surface area contributed by atoms with Crippen molar-refractivity contribution in [3.8, 4) is 5.75 Å². The van der Waals surface area contributed by atoms with E-state index >= 15 is 0 Å². The van der Waals surface area contributed by atoms with Crippen molar-refractivity contribution in [2.45, 2.75) is 26.4 Å². The van der Waals surface area contributed by atoms with Gasteiger partial charge in [-0.15, -0.1) is 0 Å². The van der Waals surface area contributed by atoms with Gasteiger partial charge in [0.2, 0.25) is 0 Å². The first-order valence-electron chi connectivity index (χ1n) is 5.84. The fourth-order valence-electron chi connectivity index (χ4n) is 1.33. The van der Waals surface area contributed by atoms with Gasteiger partial charge in [0.05, 0.1) is 15.5 Å². The molecule has 1 unspecified atom stereocenters. The highest BCUT2D eigenvalue weighted by atomic mass is 79.9. The lowest BCUT2D eigenvalue weighted by Crippen LogP contribution is -2.36. The molecular formula is C12H15BrN2O4. The molecule has 0 spiro atoms. The molecule has 7 heteroatoms. The number of carbonyl (C=O) groups excluding carboxylic acids is 1. The Bertz CT molecular complexity index is 479. The highest BCUT2D eigenvalue weighted by Crippen LogP contribution is 2.30. The van der Waals surface area contributed by atoms with Gasteiger partial charge in [-0.25, -0.2) is 0 Å². The van der Waals surface area contributed by atoms with Crippen molar-refractivity contribution in [1.29, 1.82) is 0 Å². The SMILES string of the molecule is CCCNC(=O)C(C)Oc1cc([N+](=O)[O-])ccc1Br. The largest absolute Gasteiger partial charge is 0.479 e. The zero-order chi connectivity index (χ0) is 14.4. The number of carbonyl (C=O) groups is 1. The normalized spacial score (nSPS) is 11.7. The molecule has 1 aromatic carbocycles. The number of nitro benzene ring substituents is 1. The molecule has 0 radical (unpaired) electrons. The maximum atomic E-state index is 11.7. The number of halogens is 1. The van der Waals surface area contributed by atoms with Crippen LogP contribution in [-0.2, 0) is 4.79 Å². The monoisotopic (exact) mass is 330 g/mol. The maximum Gasteiger partial charge on any atom is 0.273 e. The second-order valence-corrected chi connectivity index (χ2v) is 4.78. The minimum absolute atomic E-state index is 0.0839. The third-order valence-electron chi connectivity index (χ3n) is 2.35. The molecule has 1 atom stereocenters. The van der Waals surface area contributed by atoms with E-state index in [1.807, 2.05) is 6.92 Å². The summed E-state index contributed by atoms with van der Waals surface area (Å²) in [6.07, 6.45) is 0.115. The summed E-state index contributed by atoms with van der Waals surface area (Å²) in [5, 5.41) is 13.4. The Kier molecular flexibility index (Phi) is 5.75. The quantitative estimate of drug-likeness (QED) is 0.642.